The maximum atomic E-state index is 13.0. The molecular weight excluding hydrogens is 391 g/mol. The van der Waals surface area contributed by atoms with Crippen molar-refractivity contribution in [1.82, 2.24) is 10.3 Å². The van der Waals surface area contributed by atoms with Crippen molar-refractivity contribution in [3.05, 3.63) is 59.4 Å². The Kier molecular flexibility index (Phi) is 7.51. The van der Waals surface area contributed by atoms with E-state index in [2.05, 4.69) is 26.8 Å². The molecule has 0 saturated carbocycles. The predicted molar refractivity (Wildman–Crippen MR) is 117 cm³/mol. The van der Waals surface area contributed by atoms with Crippen molar-refractivity contribution in [2.45, 2.75) is 13.5 Å². The van der Waals surface area contributed by atoms with E-state index in [0.29, 0.717) is 10.8 Å². The standard InChI is InChI=1S/C21H25FN4O2S/c1-15(24-25-21(29)23-19-6-4-18(22)5-7-19)16-3-8-20(27-2)17(13-16)14-26-9-11-28-12-10-26/h3-8,13H,9-12,14H2,1-2H3,(H2,23,25,29)/b24-15-. The van der Waals surface area contributed by atoms with Gasteiger partial charge < -0.3 is 14.8 Å². The number of nitrogens with zero attached hydrogens (tertiary/aromatic N) is 2. The fraction of sp³-hybridized carbons (Fsp3) is 0.333. The lowest BCUT2D eigenvalue weighted by Gasteiger charge is -2.27. The number of ether oxygens (including phenoxy) is 2. The van der Waals surface area contributed by atoms with Gasteiger partial charge in [-0.1, -0.05) is 0 Å². The van der Waals surface area contributed by atoms with Crippen molar-refractivity contribution in [3.63, 3.8) is 0 Å². The van der Waals surface area contributed by atoms with Gasteiger partial charge in [-0.05, 0) is 67.2 Å². The molecule has 0 aliphatic carbocycles. The third kappa shape index (κ3) is 6.22. The fourth-order valence-electron chi connectivity index (χ4n) is 3.02. The summed E-state index contributed by atoms with van der Waals surface area (Å²) in [7, 11) is 1.68. The van der Waals surface area contributed by atoms with Crippen LogP contribution in [-0.4, -0.2) is 49.1 Å². The number of benzene rings is 2. The molecule has 2 aromatic rings. The van der Waals surface area contributed by atoms with Gasteiger partial charge in [0.25, 0.3) is 0 Å². The summed E-state index contributed by atoms with van der Waals surface area (Å²) in [6.07, 6.45) is 0. The first-order valence-corrected chi connectivity index (χ1v) is 9.80. The zero-order valence-corrected chi connectivity index (χ0v) is 17.4. The van der Waals surface area contributed by atoms with Crippen LogP contribution in [0.3, 0.4) is 0 Å². The summed E-state index contributed by atoms with van der Waals surface area (Å²) in [6, 6.07) is 12.0. The van der Waals surface area contributed by atoms with Gasteiger partial charge >= 0.3 is 0 Å². The van der Waals surface area contributed by atoms with Gasteiger partial charge in [0, 0.05) is 30.9 Å². The summed E-state index contributed by atoms with van der Waals surface area (Å²) in [5, 5.41) is 7.67. The summed E-state index contributed by atoms with van der Waals surface area (Å²) in [5.41, 5.74) is 6.39. The molecule has 1 saturated heterocycles. The normalized spacial score (nSPS) is 15.1. The number of methoxy groups -OCH3 is 1. The minimum absolute atomic E-state index is 0.296. The molecule has 0 atom stereocenters. The van der Waals surface area contributed by atoms with Gasteiger partial charge in [-0.25, -0.2) is 4.39 Å². The summed E-state index contributed by atoms with van der Waals surface area (Å²) in [6.45, 7) is 6.03. The number of rotatable bonds is 6. The third-order valence-corrected chi connectivity index (χ3v) is 4.82. The number of hydrogen-bond acceptors (Lipinski definition) is 5. The van der Waals surface area contributed by atoms with Crippen LogP contribution in [0.4, 0.5) is 10.1 Å². The molecule has 0 amide bonds. The molecule has 2 aromatic carbocycles. The minimum Gasteiger partial charge on any atom is -0.496 e. The first-order valence-electron chi connectivity index (χ1n) is 9.39. The fourth-order valence-corrected chi connectivity index (χ4v) is 3.18. The number of thiocarbonyl (C=S) groups is 1. The number of nitrogens with one attached hydrogen (secondary N) is 2. The van der Waals surface area contributed by atoms with Crippen LogP contribution in [0.2, 0.25) is 0 Å². The number of morpholine rings is 1. The SMILES string of the molecule is COc1ccc(/C(C)=N\NC(=S)Nc2ccc(F)cc2)cc1CN1CCOCC1. The van der Waals surface area contributed by atoms with Gasteiger partial charge in [-0.3, -0.25) is 10.3 Å². The molecule has 29 heavy (non-hydrogen) atoms. The molecular formula is C21H25FN4O2S. The highest BCUT2D eigenvalue weighted by molar-refractivity contribution is 7.80. The van der Waals surface area contributed by atoms with Crippen molar-refractivity contribution < 1.29 is 13.9 Å². The number of hydrazone groups is 1. The first-order chi connectivity index (χ1) is 14.0. The molecule has 1 aliphatic heterocycles. The van der Waals surface area contributed by atoms with E-state index in [4.69, 9.17) is 21.7 Å². The Morgan fingerprint density at radius 1 is 1.21 bits per heavy atom. The van der Waals surface area contributed by atoms with Gasteiger partial charge in [0.05, 0.1) is 26.0 Å². The zero-order valence-electron chi connectivity index (χ0n) is 16.6. The Morgan fingerprint density at radius 3 is 2.62 bits per heavy atom. The molecule has 3 rings (SSSR count). The lowest BCUT2D eigenvalue weighted by Crippen LogP contribution is -2.35. The molecule has 6 nitrogen and oxygen atoms in total. The quantitative estimate of drug-likeness (QED) is 0.428. The lowest BCUT2D eigenvalue weighted by molar-refractivity contribution is 0.0339. The molecule has 0 unspecified atom stereocenters. The lowest BCUT2D eigenvalue weighted by atomic mass is 10.1. The maximum absolute atomic E-state index is 13.0. The van der Waals surface area contributed by atoms with Gasteiger partial charge in [0.1, 0.15) is 11.6 Å². The van der Waals surface area contributed by atoms with Gasteiger partial charge in [0.2, 0.25) is 0 Å². The van der Waals surface area contributed by atoms with Crippen LogP contribution in [-0.2, 0) is 11.3 Å². The van der Waals surface area contributed by atoms with E-state index in [1.54, 1.807) is 19.2 Å². The molecule has 154 valence electrons. The van der Waals surface area contributed by atoms with E-state index in [1.807, 2.05) is 19.1 Å². The van der Waals surface area contributed by atoms with Crippen LogP contribution in [0.15, 0.2) is 47.6 Å². The molecule has 0 radical (unpaired) electrons. The van der Waals surface area contributed by atoms with E-state index in [-0.39, 0.29) is 5.82 Å². The largest absolute Gasteiger partial charge is 0.496 e. The highest BCUT2D eigenvalue weighted by Crippen LogP contribution is 2.22. The van der Waals surface area contributed by atoms with E-state index in [9.17, 15) is 4.39 Å². The second-order valence-corrected chi connectivity index (χ2v) is 7.09. The average molecular weight is 417 g/mol. The van der Waals surface area contributed by atoms with E-state index < -0.39 is 0 Å². The van der Waals surface area contributed by atoms with E-state index in [0.717, 1.165) is 55.4 Å². The Balaban J connectivity index is 1.65. The van der Waals surface area contributed by atoms with Crippen LogP contribution in [0.25, 0.3) is 0 Å². The predicted octanol–water partition coefficient (Wildman–Crippen LogP) is 3.38. The molecule has 0 bridgehead atoms. The van der Waals surface area contributed by atoms with Crippen LogP contribution < -0.4 is 15.5 Å². The number of halogens is 1. The van der Waals surface area contributed by atoms with Crippen LogP contribution in [0.1, 0.15) is 18.1 Å². The summed E-state index contributed by atoms with van der Waals surface area (Å²) >= 11 is 5.25. The van der Waals surface area contributed by atoms with Crippen molar-refractivity contribution in [2.24, 2.45) is 5.10 Å². The maximum Gasteiger partial charge on any atom is 0.191 e. The summed E-state index contributed by atoms with van der Waals surface area (Å²) in [5.74, 6) is 0.560. The number of anilines is 1. The molecule has 1 fully saturated rings. The molecule has 1 heterocycles. The topological polar surface area (TPSA) is 58.1 Å². The highest BCUT2D eigenvalue weighted by atomic mass is 32.1. The highest BCUT2D eigenvalue weighted by Gasteiger charge is 2.14. The molecule has 0 spiro atoms. The Hall–Kier alpha value is -2.55. The van der Waals surface area contributed by atoms with Gasteiger partial charge in [0.15, 0.2) is 5.11 Å². The van der Waals surface area contributed by atoms with Crippen molar-refractivity contribution in [3.8, 4) is 5.75 Å². The average Bonchev–Trinajstić information content (AvgIpc) is 2.74. The Labute approximate surface area is 175 Å². The second kappa shape index (κ2) is 10.3. The van der Waals surface area contributed by atoms with Crippen molar-refractivity contribution in [2.75, 3.05) is 38.7 Å². The monoisotopic (exact) mass is 416 g/mol. The smallest absolute Gasteiger partial charge is 0.191 e. The molecule has 2 N–H and O–H groups in total. The Bertz CT molecular complexity index is 867. The first kappa shape index (κ1) is 21.2. The van der Waals surface area contributed by atoms with E-state index in [1.165, 1.54) is 12.1 Å². The third-order valence-electron chi connectivity index (χ3n) is 4.62. The van der Waals surface area contributed by atoms with Crippen LogP contribution in [0.5, 0.6) is 5.75 Å². The van der Waals surface area contributed by atoms with E-state index >= 15 is 0 Å². The zero-order chi connectivity index (χ0) is 20.6. The van der Waals surface area contributed by atoms with Crippen molar-refractivity contribution in [1.29, 1.82) is 0 Å². The van der Waals surface area contributed by atoms with Crippen molar-refractivity contribution >= 4 is 28.7 Å². The molecule has 1 aliphatic rings. The van der Waals surface area contributed by atoms with Crippen LogP contribution >= 0.6 is 12.2 Å². The second-order valence-electron chi connectivity index (χ2n) is 6.69. The molecule has 8 heteroatoms. The summed E-state index contributed by atoms with van der Waals surface area (Å²) in [4.78, 5) is 2.34. The Morgan fingerprint density at radius 2 is 1.93 bits per heavy atom. The molecule has 0 aromatic heterocycles. The minimum atomic E-state index is -0.296. The summed E-state index contributed by atoms with van der Waals surface area (Å²) < 4.78 is 23.9. The van der Waals surface area contributed by atoms with Crippen LogP contribution in [0, 0.1) is 5.82 Å². The number of hydrogen-bond donors (Lipinski definition) is 2. The van der Waals surface area contributed by atoms with Gasteiger partial charge in [-0.2, -0.15) is 5.10 Å². The van der Waals surface area contributed by atoms with Gasteiger partial charge in [-0.15, -0.1) is 0 Å².